The normalized spacial score (nSPS) is 12.9. The predicted molar refractivity (Wildman–Crippen MR) is 120 cm³/mol. The maximum Gasteiger partial charge on any atom is 0.254 e. The third-order valence-corrected chi connectivity index (χ3v) is 6.41. The van der Waals surface area contributed by atoms with Gasteiger partial charge in [-0.2, -0.15) is 0 Å². The van der Waals surface area contributed by atoms with E-state index in [1.165, 1.54) is 17.4 Å². The molecule has 160 valence electrons. The third-order valence-electron chi connectivity index (χ3n) is 5.39. The summed E-state index contributed by atoms with van der Waals surface area (Å²) in [7, 11) is 0. The van der Waals surface area contributed by atoms with Crippen LogP contribution in [0.1, 0.15) is 59.0 Å². The fourth-order valence-electron chi connectivity index (χ4n) is 3.66. The first-order valence-electron chi connectivity index (χ1n) is 10.4. The Morgan fingerprint density at radius 1 is 1.13 bits per heavy atom. The molecule has 30 heavy (non-hydrogen) atoms. The molecule has 7 heteroatoms. The summed E-state index contributed by atoms with van der Waals surface area (Å²) in [5, 5.41) is 7.79. The van der Waals surface area contributed by atoms with E-state index in [2.05, 4.69) is 22.1 Å². The second-order valence-electron chi connectivity index (χ2n) is 7.67. The Kier molecular flexibility index (Phi) is 7.63. The SMILES string of the molecule is CC(=O)NCCCCCC(=O)Nc1cccc(C(=O)N2CCc3sccc3C2)c1C. The summed E-state index contributed by atoms with van der Waals surface area (Å²) >= 11 is 1.76. The maximum absolute atomic E-state index is 13.1. The number of unbranched alkanes of at least 4 members (excludes halogenated alkanes) is 2. The number of fused-ring (bicyclic) bond motifs is 1. The fourth-order valence-corrected chi connectivity index (χ4v) is 4.55. The van der Waals surface area contributed by atoms with Crippen LogP contribution in [0.15, 0.2) is 29.6 Å². The molecule has 0 bridgehead atoms. The Balaban J connectivity index is 1.54. The van der Waals surface area contributed by atoms with Crippen molar-refractivity contribution in [3.8, 4) is 0 Å². The standard InChI is InChI=1S/C23H29N3O3S/c1-16-19(23(29)26-13-10-21-18(15-26)11-14-30-21)7-6-8-20(16)25-22(28)9-4-3-5-12-24-17(2)27/h6-8,11,14H,3-5,9-10,12-13,15H2,1-2H3,(H,24,27)(H,25,28). The summed E-state index contributed by atoms with van der Waals surface area (Å²) in [5.41, 5.74) is 3.37. The molecule has 3 rings (SSSR count). The summed E-state index contributed by atoms with van der Waals surface area (Å²) in [6.07, 6.45) is 3.82. The zero-order valence-electron chi connectivity index (χ0n) is 17.6. The van der Waals surface area contributed by atoms with Crippen molar-refractivity contribution in [2.24, 2.45) is 0 Å². The largest absolute Gasteiger partial charge is 0.356 e. The molecule has 0 saturated carbocycles. The molecule has 0 spiro atoms. The summed E-state index contributed by atoms with van der Waals surface area (Å²) < 4.78 is 0. The lowest BCUT2D eigenvalue weighted by Gasteiger charge is -2.28. The van der Waals surface area contributed by atoms with Crippen molar-refractivity contribution in [3.63, 3.8) is 0 Å². The smallest absolute Gasteiger partial charge is 0.254 e. The molecule has 2 aromatic rings. The van der Waals surface area contributed by atoms with Gasteiger partial charge in [0, 0.05) is 49.1 Å². The van der Waals surface area contributed by atoms with E-state index in [0.717, 1.165) is 37.8 Å². The summed E-state index contributed by atoms with van der Waals surface area (Å²) in [6.45, 7) is 5.40. The van der Waals surface area contributed by atoms with E-state index >= 15 is 0 Å². The second-order valence-corrected chi connectivity index (χ2v) is 8.67. The molecule has 1 aromatic heterocycles. The fraction of sp³-hybridized carbons (Fsp3) is 0.435. The number of thiophene rings is 1. The highest BCUT2D eigenvalue weighted by atomic mass is 32.1. The van der Waals surface area contributed by atoms with E-state index in [-0.39, 0.29) is 17.7 Å². The number of hydrogen-bond acceptors (Lipinski definition) is 4. The monoisotopic (exact) mass is 427 g/mol. The quantitative estimate of drug-likeness (QED) is 0.628. The Morgan fingerprint density at radius 3 is 2.77 bits per heavy atom. The topological polar surface area (TPSA) is 78.5 Å². The number of rotatable bonds is 8. The molecule has 0 fully saturated rings. The van der Waals surface area contributed by atoms with Crippen LogP contribution in [0, 0.1) is 6.92 Å². The number of hydrogen-bond donors (Lipinski definition) is 2. The highest BCUT2D eigenvalue weighted by Gasteiger charge is 2.24. The second kappa shape index (κ2) is 10.4. The van der Waals surface area contributed by atoms with Gasteiger partial charge in [-0.3, -0.25) is 14.4 Å². The molecule has 6 nitrogen and oxygen atoms in total. The minimum absolute atomic E-state index is 0.0124. The Morgan fingerprint density at radius 2 is 1.97 bits per heavy atom. The van der Waals surface area contributed by atoms with Gasteiger partial charge in [0.2, 0.25) is 11.8 Å². The molecule has 2 heterocycles. The van der Waals surface area contributed by atoms with E-state index in [9.17, 15) is 14.4 Å². The molecule has 0 aliphatic carbocycles. The van der Waals surface area contributed by atoms with Crippen LogP contribution >= 0.6 is 11.3 Å². The molecule has 0 atom stereocenters. The number of benzene rings is 1. The van der Waals surface area contributed by atoms with Crippen molar-refractivity contribution >= 4 is 34.7 Å². The van der Waals surface area contributed by atoms with Gasteiger partial charge < -0.3 is 15.5 Å². The number of nitrogens with one attached hydrogen (secondary N) is 2. The minimum atomic E-state index is -0.0527. The predicted octanol–water partition coefficient (Wildman–Crippen LogP) is 3.89. The highest BCUT2D eigenvalue weighted by molar-refractivity contribution is 7.10. The van der Waals surface area contributed by atoms with Gasteiger partial charge >= 0.3 is 0 Å². The molecular weight excluding hydrogens is 398 g/mol. The third kappa shape index (κ3) is 5.69. The van der Waals surface area contributed by atoms with Gasteiger partial charge in [0.15, 0.2) is 0 Å². The lowest BCUT2D eigenvalue weighted by atomic mass is 10.0. The van der Waals surface area contributed by atoms with Gasteiger partial charge in [-0.1, -0.05) is 12.5 Å². The zero-order valence-corrected chi connectivity index (χ0v) is 18.4. The molecule has 1 aromatic carbocycles. The van der Waals surface area contributed by atoms with Crippen LogP contribution in [0.25, 0.3) is 0 Å². The molecule has 1 aliphatic rings. The van der Waals surface area contributed by atoms with Crippen molar-refractivity contribution in [1.82, 2.24) is 10.2 Å². The average molecular weight is 428 g/mol. The Bertz CT molecular complexity index is 922. The number of nitrogens with zero attached hydrogens (tertiary/aromatic N) is 1. The molecule has 0 radical (unpaired) electrons. The van der Waals surface area contributed by atoms with Crippen LogP contribution in [0.4, 0.5) is 5.69 Å². The van der Waals surface area contributed by atoms with E-state index in [1.807, 2.05) is 30.0 Å². The number of anilines is 1. The molecule has 1 aliphatic heterocycles. The Labute approximate surface area is 181 Å². The van der Waals surface area contributed by atoms with Crippen LogP contribution in [0.2, 0.25) is 0 Å². The van der Waals surface area contributed by atoms with Gasteiger partial charge in [-0.15, -0.1) is 11.3 Å². The molecule has 3 amide bonds. The van der Waals surface area contributed by atoms with Crippen LogP contribution in [0.5, 0.6) is 0 Å². The number of amides is 3. The van der Waals surface area contributed by atoms with Gasteiger partial charge in [0.1, 0.15) is 0 Å². The first kappa shape index (κ1) is 22.0. The molecular formula is C23H29N3O3S. The molecule has 0 unspecified atom stereocenters. The first-order valence-corrected chi connectivity index (χ1v) is 11.3. The first-order chi connectivity index (χ1) is 14.5. The van der Waals surface area contributed by atoms with Crippen molar-refractivity contribution in [3.05, 3.63) is 51.2 Å². The molecule has 0 saturated heterocycles. The van der Waals surface area contributed by atoms with Gasteiger partial charge in [0.05, 0.1) is 0 Å². The Hall–Kier alpha value is -2.67. The van der Waals surface area contributed by atoms with Gasteiger partial charge in [-0.05, 0) is 60.9 Å². The lowest BCUT2D eigenvalue weighted by Crippen LogP contribution is -2.35. The van der Waals surface area contributed by atoms with Crippen LogP contribution in [-0.4, -0.2) is 35.7 Å². The maximum atomic E-state index is 13.1. The van der Waals surface area contributed by atoms with Crippen LogP contribution in [-0.2, 0) is 22.6 Å². The van der Waals surface area contributed by atoms with E-state index in [4.69, 9.17) is 0 Å². The number of carbonyl (C=O) groups is 3. The van der Waals surface area contributed by atoms with Gasteiger partial charge in [0.25, 0.3) is 5.91 Å². The van der Waals surface area contributed by atoms with Gasteiger partial charge in [-0.25, -0.2) is 0 Å². The number of carbonyl (C=O) groups excluding carboxylic acids is 3. The van der Waals surface area contributed by atoms with Crippen LogP contribution in [0.3, 0.4) is 0 Å². The van der Waals surface area contributed by atoms with E-state index in [1.54, 1.807) is 11.3 Å². The van der Waals surface area contributed by atoms with E-state index in [0.29, 0.717) is 30.8 Å². The summed E-state index contributed by atoms with van der Waals surface area (Å²) in [6, 6.07) is 7.59. The minimum Gasteiger partial charge on any atom is -0.356 e. The van der Waals surface area contributed by atoms with E-state index < -0.39 is 0 Å². The van der Waals surface area contributed by atoms with Crippen molar-refractivity contribution < 1.29 is 14.4 Å². The van der Waals surface area contributed by atoms with Crippen LogP contribution < -0.4 is 10.6 Å². The zero-order chi connectivity index (χ0) is 21.5. The summed E-state index contributed by atoms with van der Waals surface area (Å²) in [4.78, 5) is 39.5. The van der Waals surface area contributed by atoms with Crippen molar-refractivity contribution in [1.29, 1.82) is 0 Å². The lowest BCUT2D eigenvalue weighted by molar-refractivity contribution is -0.119. The van der Waals surface area contributed by atoms with Crippen molar-refractivity contribution in [2.45, 2.75) is 52.5 Å². The average Bonchev–Trinajstić information content (AvgIpc) is 3.19. The molecule has 2 N–H and O–H groups in total. The van der Waals surface area contributed by atoms with Crippen molar-refractivity contribution in [2.75, 3.05) is 18.4 Å². The summed E-state index contributed by atoms with van der Waals surface area (Å²) in [5.74, 6) is -0.0699. The highest BCUT2D eigenvalue weighted by Crippen LogP contribution is 2.27.